The zero-order valence-corrected chi connectivity index (χ0v) is 13.7. The van der Waals surface area contributed by atoms with E-state index in [1.54, 1.807) is 23.1 Å². The first-order chi connectivity index (χ1) is 10.6. The lowest BCUT2D eigenvalue weighted by atomic mass is 10.1. The molecule has 2 amide bonds. The molecule has 0 radical (unpaired) electrons. The fourth-order valence-corrected chi connectivity index (χ4v) is 3.60. The molecule has 2 fully saturated rings. The summed E-state index contributed by atoms with van der Waals surface area (Å²) < 4.78 is 0. The van der Waals surface area contributed by atoms with E-state index in [4.69, 9.17) is 23.2 Å². The lowest BCUT2D eigenvalue weighted by molar-refractivity contribution is -0.134. The molecule has 0 N–H and O–H groups in total. The summed E-state index contributed by atoms with van der Waals surface area (Å²) in [5.41, 5.74) is 0.371. The normalized spacial score (nSPS) is 21.5. The Kier molecular flexibility index (Phi) is 4.59. The van der Waals surface area contributed by atoms with Gasteiger partial charge in [-0.05, 0) is 43.9 Å². The molecule has 6 heteroatoms. The molecule has 4 nitrogen and oxygen atoms in total. The number of likely N-dealkylation sites (tertiary alicyclic amines) is 2. The monoisotopic (exact) mass is 340 g/mol. The second-order valence-electron chi connectivity index (χ2n) is 5.81. The molecule has 3 rings (SSSR count). The maximum atomic E-state index is 12.8. The molecule has 0 spiro atoms. The number of halogens is 2. The minimum atomic E-state index is -0.361. The number of benzene rings is 1. The van der Waals surface area contributed by atoms with Crippen molar-refractivity contribution in [2.45, 2.75) is 31.7 Å². The van der Waals surface area contributed by atoms with Crippen molar-refractivity contribution in [3.05, 3.63) is 33.8 Å². The largest absolute Gasteiger partial charge is 0.341 e. The topological polar surface area (TPSA) is 40.6 Å². The van der Waals surface area contributed by atoms with Gasteiger partial charge in [0.1, 0.15) is 6.04 Å². The maximum absolute atomic E-state index is 12.8. The molecule has 22 heavy (non-hydrogen) atoms. The Morgan fingerprint density at radius 1 is 1.05 bits per heavy atom. The van der Waals surface area contributed by atoms with Gasteiger partial charge in [0.2, 0.25) is 5.91 Å². The molecular formula is C16H18Cl2N2O2. The van der Waals surface area contributed by atoms with Crippen molar-refractivity contribution in [1.29, 1.82) is 0 Å². The average molecular weight is 341 g/mol. The van der Waals surface area contributed by atoms with Crippen LogP contribution < -0.4 is 0 Å². The molecule has 2 aliphatic rings. The molecule has 1 aromatic rings. The Hall–Kier alpha value is -1.26. The summed E-state index contributed by atoms with van der Waals surface area (Å²) in [6.45, 7) is 2.19. The van der Waals surface area contributed by atoms with E-state index < -0.39 is 0 Å². The number of carbonyl (C=O) groups excluding carboxylic acids is 2. The van der Waals surface area contributed by atoms with Crippen LogP contribution in [0, 0.1) is 0 Å². The van der Waals surface area contributed by atoms with E-state index in [1.165, 1.54) is 0 Å². The number of hydrogen-bond acceptors (Lipinski definition) is 2. The molecule has 118 valence electrons. The molecule has 0 saturated carbocycles. The predicted molar refractivity (Wildman–Crippen MR) is 86.3 cm³/mol. The van der Waals surface area contributed by atoms with E-state index >= 15 is 0 Å². The van der Waals surface area contributed by atoms with E-state index in [-0.39, 0.29) is 17.9 Å². The van der Waals surface area contributed by atoms with Crippen molar-refractivity contribution in [1.82, 2.24) is 9.80 Å². The predicted octanol–water partition coefficient (Wildman–Crippen LogP) is 3.22. The number of rotatable bonds is 2. The SMILES string of the molecule is O=C([C@@H]1CCCN1C(=O)c1cc(Cl)ccc1Cl)N1CCCC1. The third kappa shape index (κ3) is 2.95. The van der Waals surface area contributed by atoms with Gasteiger partial charge in [-0.3, -0.25) is 9.59 Å². The first-order valence-electron chi connectivity index (χ1n) is 7.63. The lowest BCUT2D eigenvalue weighted by Crippen LogP contribution is -2.47. The number of carbonyl (C=O) groups is 2. The van der Waals surface area contributed by atoms with Gasteiger partial charge in [0.05, 0.1) is 10.6 Å². The maximum Gasteiger partial charge on any atom is 0.256 e. The van der Waals surface area contributed by atoms with E-state index in [0.717, 1.165) is 38.8 Å². The fourth-order valence-electron chi connectivity index (χ4n) is 3.23. The van der Waals surface area contributed by atoms with Gasteiger partial charge in [0, 0.05) is 24.7 Å². The van der Waals surface area contributed by atoms with Gasteiger partial charge in [0.25, 0.3) is 5.91 Å². The summed E-state index contributed by atoms with van der Waals surface area (Å²) in [6, 6.07) is 4.48. The van der Waals surface area contributed by atoms with Crippen LogP contribution in [0.15, 0.2) is 18.2 Å². The Bertz CT molecular complexity index is 600. The summed E-state index contributed by atoms with van der Waals surface area (Å²) in [4.78, 5) is 28.9. The van der Waals surface area contributed by atoms with Gasteiger partial charge < -0.3 is 9.80 Å². The van der Waals surface area contributed by atoms with Crippen molar-refractivity contribution in [2.24, 2.45) is 0 Å². The van der Waals surface area contributed by atoms with Crippen LogP contribution in [0.2, 0.25) is 10.0 Å². The van der Waals surface area contributed by atoms with E-state index in [0.29, 0.717) is 22.2 Å². The third-order valence-electron chi connectivity index (χ3n) is 4.38. The highest BCUT2D eigenvalue weighted by molar-refractivity contribution is 6.35. The number of nitrogens with zero attached hydrogens (tertiary/aromatic N) is 2. The first kappa shape index (κ1) is 15.6. The minimum Gasteiger partial charge on any atom is -0.341 e. The Balaban J connectivity index is 1.81. The van der Waals surface area contributed by atoms with Crippen LogP contribution in [0.1, 0.15) is 36.0 Å². The number of amides is 2. The molecule has 1 aromatic carbocycles. The van der Waals surface area contributed by atoms with E-state index in [9.17, 15) is 9.59 Å². The molecule has 1 atom stereocenters. The summed E-state index contributed by atoms with van der Waals surface area (Å²) in [6.07, 6.45) is 3.66. The molecule has 0 aliphatic carbocycles. The molecule has 0 unspecified atom stereocenters. The Morgan fingerprint density at radius 2 is 1.77 bits per heavy atom. The first-order valence-corrected chi connectivity index (χ1v) is 8.38. The summed E-state index contributed by atoms with van der Waals surface area (Å²) in [5.74, 6) is -0.135. The fraction of sp³-hybridized carbons (Fsp3) is 0.500. The van der Waals surface area contributed by atoms with Gasteiger partial charge >= 0.3 is 0 Å². The van der Waals surface area contributed by atoms with Crippen LogP contribution >= 0.6 is 23.2 Å². The van der Waals surface area contributed by atoms with Crippen LogP contribution in [-0.4, -0.2) is 47.3 Å². The highest BCUT2D eigenvalue weighted by atomic mass is 35.5. The smallest absolute Gasteiger partial charge is 0.256 e. The molecule has 0 bridgehead atoms. The van der Waals surface area contributed by atoms with Gasteiger partial charge in [0.15, 0.2) is 0 Å². The summed E-state index contributed by atoms with van der Waals surface area (Å²) in [5, 5.41) is 0.836. The second-order valence-corrected chi connectivity index (χ2v) is 6.66. The zero-order valence-electron chi connectivity index (χ0n) is 12.2. The quantitative estimate of drug-likeness (QED) is 0.829. The van der Waals surface area contributed by atoms with Gasteiger partial charge in [-0.2, -0.15) is 0 Å². The van der Waals surface area contributed by atoms with Crippen LogP contribution in [0.25, 0.3) is 0 Å². The van der Waals surface area contributed by atoms with Crippen molar-refractivity contribution in [2.75, 3.05) is 19.6 Å². The third-order valence-corrected chi connectivity index (χ3v) is 4.94. The molecule has 2 aliphatic heterocycles. The lowest BCUT2D eigenvalue weighted by Gasteiger charge is -2.28. The van der Waals surface area contributed by atoms with E-state index in [2.05, 4.69) is 0 Å². The molecule has 0 aromatic heterocycles. The standard InChI is InChI=1S/C16H18Cl2N2O2/c17-11-5-6-13(18)12(10-11)15(21)20-9-3-4-14(20)16(22)19-7-1-2-8-19/h5-6,10,14H,1-4,7-9H2/t14-/m0/s1. The average Bonchev–Trinajstić information content (AvgIpc) is 3.19. The van der Waals surface area contributed by atoms with Crippen molar-refractivity contribution >= 4 is 35.0 Å². The van der Waals surface area contributed by atoms with Gasteiger partial charge in [-0.15, -0.1) is 0 Å². The van der Waals surface area contributed by atoms with Crippen molar-refractivity contribution in [3.63, 3.8) is 0 Å². The molecular weight excluding hydrogens is 323 g/mol. The molecule has 2 saturated heterocycles. The minimum absolute atomic E-state index is 0.0708. The molecule has 2 heterocycles. The highest BCUT2D eigenvalue weighted by Gasteiger charge is 2.37. The second kappa shape index (κ2) is 6.47. The van der Waals surface area contributed by atoms with Gasteiger partial charge in [-0.25, -0.2) is 0 Å². The van der Waals surface area contributed by atoms with E-state index in [1.807, 2.05) is 4.90 Å². The van der Waals surface area contributed by atoms with Crippen LogP contribution in [0.5, 0.6) is 0 Å². The van der Waals surface area contributed by atoms with Crippen molar-refractivity contribution in [3.8, 4) is 0 Å². The zero-order chi connectivity index (χ0) is 15.7. The van der Waals surface area contributed by atoms with Crippen LogP contribution in [0.4, 0.5) is 0 Å². The Labute approximate surface area is 140 Å². The van der Waals surface area contributed by atoms with Crippen LogP contribution in [-0.2, 0) is 4.79 Å². The van der Waals surface area contributed by atoms with Crippen LogP contribution in [0.3, 0.4) is 0 Å². The summed E-state index contributed by atoms with van der Waals surface area (Å²) in [7, 11) is 0. The van der Waals surface area contributed by atoms with Crippen molar-refractivity contribution < 1.29 is 9.59 Å². The highest BCUT2D eigenvalue weighted by Crippen LogP contribution is 2.27. The summed E-state index contributed by atoms with van der Waals surface area (Å²) >= 11 is 12.1. The number of hydrogen-bond donors (Lipinski definition) is 0. The van der Waals surface area contributed by atoms with Gasteiger partial charge in [-0.1, -0.05) is 23.2 Å². The Morgan fingerprint density at radius 3 is 2.50 bits per heavy atom.